The van der Waals surface area contributed by atoms with Gasteiger partial charge in [-0.05, 0) is 56.0 Å². The van der Waals surface area contributed by atoms with Gasteiger partial charge < -0.3 is 10.1 Å². The van der Waals surface area contributed by atoms with Crippen LogP contribution in [-0.2, 0) is 11.2 Å². The Morgan fingerprint density at radius 1 is 1.50 bits per heavy atom. The van der Waals surface area contributed by atoms with Crippen molar-refractivity contribution in [2.45, 2.75) is 31.4 Å². The van der Waals surface area contributed by atoms with Gasteiger partial charge in [-0.3, -0.25) is 0 Å². The highest BCUT2D eigenvalue weighted by Gasteiger charge is 2.36. The zero-order chi connectivity index (χ0) is 13.1. The number of rotatable bonds is 6. The van der Waals surface area contributed by atoms with Crippen LogP contribution in [0.25, 0.3) is 0 Å². The predicted octanol–water partition coefficient (Wildman–Crippen LogP) is 3.03. The van der Waals surface area contributed by atoms with Crippen LogP contribution in [0.4, 0.5) is 4.39 Å². The molecule has 1 fully saturated rings. The van der Waals surface area contributed by atoms with Gasteiger partial charge in [-0.15, -0.1) is 0 Å². The Morgan fingerprint density at radius 3 is 2.78 bits per heavy atom. The molecule has 1 aromatic rings. The van der Waals surface area contributed by atoms with Gasteiger partial charge in [-0.1, -0.05) is 11.6 Å². The molecule has 2 unspecified atom stereocenters. The number of hydrogen-bond acceptors (Lipinski definition) is 2. The topological polar surface area (TPSA) is 21.3 Å². The lowest BCUT2D eigenvalue weighted by atomic mass is 9.98. The van der Waals surface area contributed by atoms with E-state index in [4.69, 9.17) is 16.3 Å². The molecule has 0 aromatic heterocycles. The quantitative estimate of drug-likeness (QED) is 0.859. The number of ether oxygens (including phenoxy) is 1. The number of nitrogens with one attached hydrogen (secondary N) is 1. The van der Waals surface area contributed by atoms with Crippen LogP contribution in [0.3, 0.4) is 0 Å². The molecule has 0 bridgehead atoms. The highest BCUT2D eigenvalue weighted by molar-refractivity contribution is 6.31. The maximum absolute atomic E-state index is 13.2. The Morgan fingerprint density at radius 2 is 2.22 bits per heavy atom. The van der Waals surface area contributed by atoms with Crippen LogP contribution >= 0.6 is 11.6 Å². The average Bonchev–Trinajstić information content (AvgIpc) is 3.17. The smallest absolute Gasteiger partial charge is 0.123 e. The van der Waals surface area contributed by atoms with Crippen molar-refractivity contribution in [3.05, 3.63) is 34.6 Å². The second-order valence-electron chi connectivity index (χ2n) is 4.87. The monoisotopic (exact) mass is 271 g/mol. The van der Waals surface area contributed by atoms with E-state index < -0.39 is 0 Å². The third-order valence-electron chi connectivity index (χ3n) is 3.57. The number of hydrogen-bond donors (Lipinski definition) is 1. The summed E-state index contributed by atoms with van der Waals surface area (Å²) in [5, 5.41) is 3.88. The van der Waals surface area contributed by atoms with Crippen molar-refractivity contribution in [2.24, 2.45) is 5.92 Å². The molecule has 1 aromatic carbocycles. The van der Waals surface area contributed by atoms with Crippen molar-refractivity contribution in [1.29, 1.82) is 0 Å². The van der Waals surface area contributed by atoms with Gasteiger partial charge in [-0.25, -0.2) is 4.39 Å². The molecule has 2 atom stereocenters. The third kappa shape index (κ3) is 3.22. The third-order valence-corrected chi connectivity index (χ3v) is 3.94. The first-order valence-corrected chi connectivity index (χ1v) is 6.67. The van der Waals surface area contributed by atoms with Gasteiger partial charge in [0.2, 0.25) is 0 Å². The van der Waals surface area contributed by atoms with Crippen molar-refractivity contribution >= 4 is 11.6 Å². The summed E-state index contributed by atoms with van der Waals surface area (Å²) in [6.07, 6.45) is 3.29. The molecule has 0 aliphatic heterocycles. The van der Waals surface area contributed by atoms with Gasteiger partial charge in [0.25, 0.3) is 0 Å². The summed E-state index contributed by atoms with van der Waals surface area (Å²) in [5.41, 5.74) is 0.832. The highest BCUT2D eigenvalue weighted by Crippen LogP contribution is 2.36. The number of methoxy groups -OCH3 is 1. The fraction of sp³-hybridized carbons (Fsp3) is 0.571. The van der Waals surface area contributed by atoms with E-state index in [9.17, 15) is 4.39 Å². The fourth-order valence-corrected chi connectivity index (χ4v) is 2.62. The van der Waals surface area contributed by atoms with Crippen molar-refractivity contribution in [2.75, 3.05) is 14.2 Å². The van der Waals surface area contributed by atoms with Gasteiger partial charge >= 0.3 is 0 Å². The lowest BCUT2D eigenvalue weighted by Gasteiger charge is -2.26. The Kier molecular flexibility index (Phi) is 4.60. The van der Waals surface area contributed by atoms with E-state index in [1.165, 1.54) is 25.0 Å². The summed E-state index contributed by atoms with van der Waals surface area (Å²) in [5.74, 6) is 0.379. The second-order valence-corrected chi connectivity index (χ2v) is 5.28. The van der Waals surface area contributed by atoms with E-state index >= 15 is 0 Å². The summed E-state index contributed by atoms with van der Waals surface area (Å²) < 4.78 is 18.8. The van der Waals surface area contributed by atoms with Crippen molar-refractivity contribution in [3.63, 3.8) is 0 Å². The first-order valence-electron chi connectivity index (χ1n) is 6.29. The molecule has 1 saturated carbocycles. The normalized spacial score (nSPS) is 18.7. The molecule has 0 spiro atoms. The van der Waals surface area contributed by atoms with Crippen LogP contribution in [0.5, 0.6) is 0 Å². The van der Waals surface area contributed by atoms with E-state index in [2.05, 4.69) is 5.32 Å². The van der Waals surface area contributed by atoms with Gasteiger partial charge in [0.1, 0.15) is 5.82 Å². The lowest BCUT2D eigenvalue weighted by molar-refractivity contribution is 0.0534. The Balaban J connectivity index is 2.11. The molecule has 0 radical (unpaired) electrons. The molecular weight excluding hydrogens is 253 g/mol. The van der Waals surface area contributed by atoms with Gasteiger partial charge in [0.15, 0.2) is 0 Å². The molecule has 1 aliphatic carbocycles. The summed E-state index contributed by atoms with van der Waals surface area (Å²) >= 11 is 6.11. The van der Waals surface area contributed by atoms with Crippen LogP contribution < -0.4 is 5.32 Å². The molecule has 1 aliphatic rings. The SMILES string of the molecule is CNC(Cc1cc(F)ccc1Cl)C(OC)C1CC1. The molecule has 100 valence electrons. The minimum absolute atomic E-state index is 0.168. The average molecular weight is 272 g/mol. The van der Waals surface area contributed by atoms with Crippen LogP contribution in [-0.4, -0.2) is 26.3 Å². The summed E-state index contributed by atoms with van der Waals surface area (Å²) in [6.45, 7) is 0. The van der Waals surface area contributed by atoms with E-state index in [-0.39, 0.29) is 18.0 Å². The van der Waals surface area contributed by atoms with E-state index in [1.54, 1.807) is 13.2 Å². The summed E-state index contributed by atoms with van der Waals surface area (Å²) in [7, 11) is 3.65. The molecule has 0 amide bonds. The molecular formula is C14H19ClFNO. The van der Waals surface area contributed by atoms with Crippen molar-refractivity contribution in [3.8, 4) is 0 Å². The van der Waals surface area contributed by atoms with Crippen LogP contribution in [0, 0.1) is 11.7 Å². The molecule has 1 N–H and O–H groups in total. The Bertz CT molecular complexity index is 409. The van der Waals surface area contributed by atoms with Gasteiger partial charge in [0.05, 0.1) is 6.10 Å². The zero-order valence-corrected chi connectivity index (χ0v) is 11.5. The van der Waals surface area contributed by atoms with E-state index in [0.717, 1.165) is 5.56 Å². The Hall–Kier alpha value is -0.640. The minimum atomic E-state index is -0.246. The van der Waals surface area contributed by atoms with Crippen molar-refractivity contribution < 1.29 is 9.13 Å². The highest BCUT2D eigenvalue weighted by atomic mass is 35.5. The molecule has 2 nitrogen and oxygen atoms in total. The van der Waals surface area contributed by atoms with Crippen LogP contribution in [0.1, 0.15) is 18.4 Å². The summed E-state index contributed by atoms with van der Waals surface area (Å²) in [6, 6.07) is 4.67. The Labute approximate surface area is 112 Å². The molecule has 18 heavy (non-hydrogen) atoms. The maximum atomic E-state index is 13.2. The fourth-order valence-electron chi connectivity index (χ4n) is 2.43. The minimum Gasteiger partial charge on any atom is -0.380 e. The standard InChI is InChI=1S/C14H19ClFNO/c1-17-13(14(18-2)9-3-4-9)8-10-7-11(16)5-6-12(10)15/h5-7,9,13-14,17H,3-4,8H2,1-2H3. The first-order chi connectivity index (χ1) is 8.65. The number of benzene rings is 1. The predicted molar refractivity (Wildman–Crippen MR) is 71.5 cm³/mol. The number of likely N-dealkylation sites (N-methyl/N-ethyl adjacent to an activating group) is 1. The second kappa shape index (κ2) is 6.00. The van der Waals surface area contributed by atoms with Crippen LogP contribution in [0.15, 0.2) is 18.2 Å². The largest absolute Gasteiger partial charge is 0.380 e. The van der Waals surface area contributed by atoms with E-state index in [1.807, 2.05) is 7.05 Å². The first kappa shape index (κ1) is 13.8. The number of halogens is 2. The van der Waals surface area contributed by atoms with E-state index in [0.29, 0.717) is 17.4 Å². The zero-order valence-electron chi connectivity index (χ0n) is 10.7. The molecule has 0 saturated heterocycles. The molecule has 4 heteroatoms. The van der Waals surface area contributed by atoms with Crippen LogP contribution in [0.2, 0.25) is 5.02 Å². The van der Waals surface area contributed by atoms with Crippen molar-refractivity contribution in [1.82, 2.24) is 5.32 Å². The molecule has 0 heterocycles. The molecule has 2 rings (SSSR count). The lowest BCUT2D eigenvalue weighted by Crippen LogP contribution is -2.42. The van der Waals surface area contributed by atoms with Gasteiger partial charge in [-0.2, -0.15) is 0 Å². The van der Waals surface area contributed by atoms with Gasteiger partial charge in [0, 0.05) is 18.2 Å². The summed E-state index contributed by atoms with van der Waals surface area (Å²) in [4.78, 5) is 0. The maximum Gasteiger partial charge on any atom is 0.123 e.